The van der Waals surface area contributed by atoms with Gasteiger partial charge in [0.2, 0.25) is 5.13 Å². The van der Waals surface area contributed by atoms with Gasteiger partial charge in [-0.3, -0.25) is 10.2 Å². The number of rotatable bonds is 4. The van der Waals surface area contributed by atoms with Crippen molar-refractivity contribution < 1.29 is 9.59 Å². The third-order valence-electron chi connectivity index (χ3n) is 4.58. The highest BCUT2D eigenvalue weighted by molar-refractivity contribution is 9.10. The lowest BCUT2D eigenvalue weighted by atomic mass is 10.1. The van der Waals surface area contributed by atoms with Crippen molar-refractivity contribution >= 4 is 50.0 Å². The zero-order valence-corrected chi connectivity index (χ0v) is 19.5. The van der Waals surface area contributed by atoms with Gasteiger partial charge in [0, 0.05) is 26.7 Å². The second kappa shape index (κ2) is 9.76. The van der Waals surface area contributed by atoms with Gasteiger partial charge in [0.25, 0.3) is 5.91 Å². The highest BCUT2D eigenvalue weighted by Gasteiger charge is 2.23. The molecule has 32 heavy (non-hydrogen) atoms. The minimum absolute atomic E-state index is 0.344. The Bertz CT molecular complexity index is 1230. The van der Waals surface area contributed by atoms with E-state index < -0.39 is 11.9 Å². The van der Waals surface area contributed by atoms with E-state index in [4.69, 9.17) is 0 Å². The molecule has 1 aromatic heterocycles. The summed E-state index contributed by atoms with van der Waals surface area (Å²) >= 11 is 4.69. The molecule has 2 N–H and O–H groups in total. The van der Waals surface area contributed by atoms with Crippen LogP contribution in [0, 0.1) is 6.92 Å². The van der Waals surface area contributed by atoms with E-state index in [1.54, 1.807) is 24.3 Å². The Morgan fingerprint density at radius 1 is 0.938 bits per heavy atom. The molecule has 4 aromatic rings. The number of nitrogens with zero attached hydrogens (tertiary/aromatic N) is 2. The summed E-state index contributed by atoms with van der Waals surface area (Å²) in [4.78, 5) is 30.5. The fourth-order valence-corrected chi connectivity index (χ4v) is 3.93. The van der Waals surface area contributed by atoms with Crippen LogP contribution in [0.25, 0.3) is 11.3 Å². The van der Waals surface area contributed by atoms with Crippen LogP contribution >= 0.6 is 27.3 Å². The lowest BCUT2D eigenvalue weighted by Crippen LogP contribution is -2.48. The number of hydrazine groups is 1. The first kappa shape index (κ1) is 21.7. The van der Waals surface area contributed by atoms with Crippen molar-refractivity contribution in [1.29, 1.82) is 0 Å². The maximum absolute atomic E-state index is 13.1. The quantitative estimate of drug-likeness (QED) is 0.320. The monoisotopic (exact) mass is 506 g/mol. The van der Waals surface area contributed by atoms with Crippen LogP contribution in [0.1, 0.15) is 15.9 Å². The normalized spacial score (nSPS) is 10.4. The maximum atomic E-state index is 13.1. The number of halogens is 1. The standard InChI is InChI=1S/C24H19BrN4O2S/c1-16-7-9-18(10-8-16)22(30)28-29(23(31)26-20-5-3-2-4-6-20)24-27-21(15-32-24)17-11-13-19(25)14-12-17/h2-15H,1H3,(H,26,31)(H,28,30). The molecule has 0 spiro atoms. The van der Waals surface area contributed by atoms with Crippen molar-refractivity contribution in [1.82, 2.24) is 10.4 Å². The molecule has 0 bridgehead atoms. The van der Waals surface area contributed by atoms with Crippen LogP contribution in [-0.4, -0.2) is 16.9 Å². The van der Waals surface area contributed by atoms with Gasteiger partial charge >= 0.3 is 6.03 Å². The number of urea groups is 1. The van der Waals surface area contributed by atoms with E-state index in [2.05, 4.69) is 31.7 Å². The number of thiazole rings is 1. The molecule has 3 aromatic carbocycles. The molecule has 0 radical (unpaired) electrons. The summed E-state index contributed by atoms with van der Waals surface area (Å²) in [7, 11) is 0. The third-order valence-corrected chi connectivity index (χ3v) is 5.93. The molecule has 0 aliphatic heterocycles. The van der Waals surface area contributed by atoms with Gasteiger partial charge in [-0.25, -0.2) is 9.78 Å². The van der Waals surface area contributed by atoms with E-state index in [1.165, 1.54) is 11.3 Å². The second-order valence-corrected chi connectivity index (χ2v) is 8.71. The molecule has 0 aliphatic carbocycles. The second-order valence-electron chi connectivity index (χ2n) is 6.96. The highest BCUT2D eigenvalue weighted by Crippen LogP contribution is 2.28. The van der Waals surface area contributed by atoms with E-state index in [-0.39, 0.29) is 0 Å². The largest absolute Gasteiger partial charge is 0.347 e. The van der Waals surface area contributed by atoms with Crippen LogP contribution < -0.4 is 15.8 Å². The molecule has 0 aliphatic rings. The summed E-state index contributed by atoms with van der Waals surface area (Å²) in [6.45, 7) is 1.94. The first-order valence-corrected chi connectivity index (χ1v) is 11.4. The predicted molar refractivity (Wildman–Crippen MR) is 132 cm³/mol. The summed E-state index contributed by atoms with van der Waals surface area (Å²) in [5.74, 6) is -0.409. The molecule has 8 heteroatoms. The number of amides is 3. The molecule has 0 saturated heterocycles. The van der Waals surface area contributed by atoms with Crippen molar-refractivity contribution in [2.75, 3.05) is 10.3 Å². The summed E-state index contributed by atoms with van der Waals surface area (Å²) in [6, 6.07) is 23.4. The molecule has 0 unspecified atom stereocenters. The van der Waals surface area contributed by atoms with Crippen molar-refractivity contribution in [2.24, 2.45) is 0 Å². The van der Waals surface area contributed by atoms with Gasteiger partial charge in [-0.1, -0.05) is 64.0 Å². The van der Waals surface area contributed by atoms with Crippen LogP contribution in [0.5, 0.6) is 0 Å². The highest BCUT2D eigenvalue weighted by atomic mass is 79.9. The van der Waals surface area contributed by atoms with Gasteiger partial charge in [0.05, 0.1) is 5.69 Å². The average molecular weight is 507 g/mol. The Kier molecular flexibility index (Phi) is 6.63. The third kappa shape index (κ3) is 5.22. The van der Waals surface area contributed by atoms with Crippen LogP contribution in [0.2, 0.25) is 0 Å². The SMILES string of the molecule is Cc1ccc(C(=O)NN(C(=O)Nc2ccccc2)c2nc(-c3ccc(Br)cc3)cs2)cc1. The first-order chi connectivity index (χ1) is 15.5. The molecule has 0 atom stereocenters. The zero-order valence-electron chi connectivity index (χ0n) is 17.1. The minimum atomic E-state index is -0.520. The van der Waals surface area contributed by atoms with Gasteiger partial charge in [0.1, 0.15) is 0 Å². The van der Waals surface area contributed by atoms with Gasteiger partial charge < -0.3 is 5.32 Å². The molecule has 3 amide bonds. The van der Waals surface area contributed by atoms with Crippen LogP contribution in [-0.2, 0) is 0 Å². The molecule has 0 saturated carbocycles. The summed E-state index contributed by atoms with van der Waals surface area (Å²) in [6.07, 6.45) is 0. The molecule has 160 valence electrons. The number of para-hydroxylation sites is 1. The van der Waals surface area contributed by atoms with Crippen LogP contribution in [0.15, 0.2) is 88.7 Å². The molecule has 4 rings (SSSR count). The molecular weight excluding hydrogens is 488 g/mol. The summed E-state index contributed by atoms with van der Waals surface area (Å²) < 4.78 is 0.964. The van der Waals surface area contributed by atoms with Gasteiger partial charge in [-0.15, -0.1) is 11.3 Å². The number of hydrogen-bond acceptors (Lipinski definition) is 4. The number of carbonyl (C=O) groups excluding carboxylic acids is 2. The van der Waals surface area contributed by atoms with Crippen molar-refractivity contribution in [3.05, 3.63) is 99.8 Å². The van der Waals surface area contributed by atoms with E-state index >= 15 is 0 Å². The Balaban J connectivity index is 1.62. The van der Waals surface area contributed by atoms with E-state index in [9.17, 15) is 9.59 Å². The lowest BCUT2D eigenvalue weighted by molar-refractivity contribution is 0.0951. The van der Waals surface area contributed by atoms with Crippen LogP contribution in [0.3, 0.4) is 0 Å². The fourth-order valence-electron chi connectivity index (χ4n) is 2.88. The average Bonchev–Trinajstić information content (AvgIpc) is 3.28. The minimum Gasteiger partial charge on any atom is -0.306 e. The van der Waals surface area contributed by atoms with E-state index in [0.29, 0.717) is 22.1 Å². The molecule has 0 fully saturated rings. The Morgan fingerprint density at radius 2 is 1.62 bits per heavy atom. The number of aryl methyl sites for hydroxylation is 1. The first-order valence-electron chi connectivity index (χ1n) is 9.75. The van der Waals surface area contributed by atoms with Crippen molar-refractivity contribution in [3.8, 4) is 11.3 Å². The van der Waals surface area contributed by atoms with Crippen molar-refractivity contribution in [2.45, 2.75) is 6.92 Å². The van der Waals surface area contributed by atoms with E-state index in [0.717, 1.165) is 20.6 Å². The smallest absolute Gasteiger partial charge is 0.306 e. The summed E-state index contributed by atoms with van der Waals surface area (Å²) in [5, 5.41) is 6.13. The van der Waals surface area contributed by atoms with Gasteiger partial charge in [-0.05, 0) is 43.3 Å². The topological polar surface area (TPSA) is 74.3 Å². The summed E-state index contributed by atoms with van der Waals surface area (Å²) in [5.41, 5.74) is 6.39. The predicted octanol–water partition coefficient (Wildman–Crippen LogP) is 6.26. The van der Waals surface area contributed by atoms with Gasteiger partial charge in [0.15, 0.2) is 0 Å². The number of nitrogens with one attached hydrogen (secondary N) is 2. The molecule has 1 heterocycles. The zero-order chi connectivity index (χ0) is 22.5. The maximum Gasteiger partial charge on any atom is 0.347 e. The molecule has 6 nitrogen and oxygen atoms in total. The number of benzene rings is 3. The van der Waals surface area contributed by atoms with Crippen molar-refractivity contribution in [3.63, 3.8) is 0 Å². The molecular formula is C24H19BrN4O2S. The van der Waals surface area contributed by atoms with E-state index in [1.807, 2.05) is 66.9 Å². The number of anilines is 2. The van der Waals surface area contributed by atoms with Gasteiger partial charge in [-0.2, -0.15) is 5.01 Å². The lowest BCUT2D eigenvalue weighted by Gasteiger charge is -2.21. The Labute approximate surface area is 198 Å². The number of aromatic nitrogens is 1. The fraction of sp³-hybridized carbons (Fsp3) is 0.0417. The van der Waals surface area contributed by atoms with Crippen LogP contribution in [0.4, 0.5) is 15.6 Å². The number of carbonyl (C=O) groups is 2. The number of hydrogen-bond donors (Lipinski definition) is 2. The Morgan fingerprint density at radius 3 is 2.31 bits per heavy atom. The Hall–Kier alpha value is -3.49.